The number of hydrogen-bond donors (Lipinski definition) is 1. The van der Waals surface area contributed by atoms with Crippen LogP contribution in [0.15, 0.2) is 24.5 Å². The molecule has 2 saturated carbocycles. The van der Waals surface area contributed by atoms with Gasteiger partial charge < -0.3 is 14.7 Å². The Kier molecular flexibility index (Phi) is 7.79. The van der Waals surface area contributed by atoms with Crippen molar-refractivity contribution in [3.8, 4) is 6.01 Å². The zero-order chi connectivity index (χ0) is 25.2. The number of carboxylic acids is 1. The van der Waals surface area contributed by atoms with Gasteiger partial charge in [-0.05, 0) is 74.8 Å². The van der Waals surface area contributed by atoms with Gasteiger partial charge in [-0.3, -0.25) is 4.79 Å². The van der Waals surface area contributed by atoms with Crippen molar-refractivity contribution >= 4 is 28.9 Å². The van der Waals surface area contributed by atoms with Gasteiger partial charge in [0, 0.05) is 29.2 Å². The second-order valence-corrected chi connectivity index (χ2v) is 12.2. The van der Waals surface area contributed by atoms with Crippen molar-refractivity contribution in [1.29, 1.82) is 0 Å². The van der Waals surface area contributed by atoms with Gasteiger partial charge in [0.15, 0.2) is 0 Å². The molecule has 8 heteroatoms. The van der Waals surface area contributed by atoms with Crippen molar-refractivity contribution in [2.75, 3.05) is 4.90 Å². The van der Waals surface area contributed by atoms with Gasteiger partial charge in [0.2, 0.25) is 5.91 Å². The van der Waals surface area contributed by atoms with Crippen LogP contribution in [0.5, 0.6) is 6.01 Å². The zero-order valence-electron chi connectivity index (χ0n) is 21.2. The summed E-state index contributed by atoms with van der Waals surface area (Å²) in [6.45, 7) is 8.48. The number of carbonyl (C=O) groups is 2. The first-order valence-corrected chi connectivity index (χ1v) is 13.6. The van der Waals surface area contributed by atoms with Gasteiger partial charge in [-0.15, -0.1) is 11.3 Å². The first kappa shape index (κ1) is 25.6. The zero-order valence-corrected chi connectivity index (χ0v) is 22.0. The molecular formula is C27H37N3O4S. The molecule has 0 bridgehead atoms. The van der Waals surface area contributed by atoms with E-state index < -0.39 is 5.97 Å². The van der Waals surface area contributed by atoms with Gasteiger partial charge in [-0.1, -0.05) is 27.7 Å². The quantitative estimate of drug-likeness (QED) is 0.517. The molecule has 0 radical (unpaired) electrons. The van der Waals surface area contributed by atoms with E-state index in [1.165, 1.54) is 11.3 Å². The summed E-state index contributed by atoms with van der Waals surface area (Å²) in [6, 6.07) is 4.05. The van der Waals surface area contributed by atoms with E-state index in [9.17, 15) is 14.7 Å². The van der Waals surface area contributed by atoms with Gasteiger partial charge in [0.05, 0.1) is 5.69 Å². The van der Waals surface area contributed by atoms with Crippen LogP contribution in [0.3, 0.4) is 0 Å². The Bertz CT molecular complexity index is 1020. The summed E-state index contributed by atoms with van der Waals surface area (Å²) in [4.78, 5) is 37.7. The number of amides is 1. The molecule has 2 aliphatic carbocycles. The van der Waals surface area contributed by atoms with Gasteiger partial charge in [0.25, 0.3) is 0 Å². The van der Waals surface area contributed by atoms with Gasteiger partial charge >= 0.3 is 12.0 Å². The van der Waals surface area contributed by atoms with Crippen molar-refractivity contribution in [3.05, 3.63) is 34.3 Å². The number of aromatic nitrogens is 2. The lowest BCUT2D eigenvalue weighted by molar-refractivity contribution is -0.124. The molecule has 190 valence electrons. The minimum absolute atomic E-state index is 0.00677. The molecule has 2 fully saturated rings. The van der Waals surface area contributed by atoms with Crippen molar-refractivity contribution in [3.63, 3.8) is 0 Å². The molecule has 0 aliphatic heterocycles. The van der Waals surface area contributed by atoms with Crippen LogP contribution in [0.2, 0.25) is 0 Å². The molecule has 0 aromatic carbocycles. The fourth-order valence-corrected chi connectivity index (χ4v) is 6.24. The Hall–Kier alpha value is -2.48. The second-order valence-electron chi connectivity index (χ2n) is 11.1. The van der Waals surface area contributed by atoms with Crippen LogP contribution in [0.4, 0.5) is 5.69 Å². The fraction of sp³-hybridized carbons (Fsp3) is 0.630. The number of carbonyl (C=O) groups excluding carboxylic acids is 1. The van der Waals surface area contributed by atoms with Crippen LogP contribution < -0.4 is 9.64 Å². The number of rotatable bonds is 6. The molecule has 0 saturated heterocycles. The molecule has 2 heterocycles. The van der Waals surface area contributed by atoms with Crippen molar-refractivity contribution < 1.29 is 19.4 Å². The van der Waals surface area contributed by atoms with Crippen molar-refractivity contribution in [1.82, 2.24) is 9.97 Å². The lowest BCUT2D eigenvalue weighted by atomic mass is 9.81. The van der Waals surface area contributed by atoms with Crippen molar-refractivity contribution in [2.24, 2.45) is 11.8 Å². The Morgan fingerprint density at radius 1 is 1.03 bits per heavy atom. The number of ether oxygens (including phenoxy) is 1. The van der Waals surface area contributed by atoms with Gasteiger partial charge in [-0.2, -0.15) is 0 Å². The summed E-state index contributed by atoms with van der Waals surface area (Å²) in [6.07, 6.45) is 10.2. The average molecular weight is 500 g/mol. The average Bonchev–Trinajstić information content (AvgIpc) is 3.27. The number of anilines is 1. The van der Waals surface area contributed by atoms with E-state index in [1.807, 2.05) is 11.0 Å². The molecule has 0 atom stereocenters. The minimum Gasteiger partial charge on any atom is -0.477 e. The Balaban J connectivity index is 1.60. The molecule has 4 rings (SSSR count). The number of nitrogens with zero attached hydrogens (tertiary/aromatic N) is 3. The lowest BCUT2D eigenvalue weighted by Gasteiger charge is -2.39. The summed E-state index contributed by atoms with van der Waals surface area (Å²) in [5, 5.41) is 10.1. The normalized spacial score (nSPS) is 25.1. The number of hydrogen-bond acceptors (Lipinski definition) is 6. The van der Waals surface area contributed by atoms with E-state index in [0.717, 1.165) is 56.2 Å². The van der Waals surface area contributed by atoms with Gasteiger partial charge in [0.1, 0.15) is 11.0 Å². The summed E-state index contributed by atoms with van der Waals surface area (Å²) in [5.41, 5.74) is 0.385. The Labute approximate surface area is 211 Å². The first-order chi connectivity index (χ1) is 16.6. The van der Waals surface area contributed by atoms with Crippen molar-refractivity contribution in [2.45, 2.75) is 96.6 Å². The second kappa shape index (κ2) is 10.6. The van der Waals surface area contributed by atoms with Crippen LogP contribution >= 0.6 is 11.3 Å². The maximum atomic E-state index is 14.0. The molecule has 0 spiro atoms. The highest BCUT2D eigenvalue weighted by atomic mass is 32.1. The number of carboxylic acid groups (broad SMARTS) is 1. The number of aromatic carboxylic acids is 1. The molecule has 7 nitrogen and oxygen atoms in total. The van der Waals surface area contributed by atoms with E-state index in [-0.39, 0.29) is 34.3 Å². The first-order valence-electron chi connectivity index (χ1n) is 12.8. The molecule has 1 amide bonds. The summed E-state index contributed by atoms with van der Waals surface area (Å²) < 4.78 is 5.97. The number of thiophene rings is 1. The Morgan fingerprint density at radius 2 is 1.66 bits per heavy atom. The summed E-state index contributed by atoms with van der Waals surface area (Å²) in [7, 11) is 0. The summed E-state index contributed by atoms with van der Waals surface area (Å²) in [5.74, 6) is -0.275. The van der Waals surface area contributed by atoms with E-state index in [1.54, 1.807) is 18.5 Å². The molecule has 2 aliphatic rings. The molecule has 2 aromatic heterocycles. The van der Waals surface area contributed by atoms with E-state index in [4.69, 9.17) is 4.74 Å². The molecule has 1 N–H and O–H groups in total. The molecule has 0 unspecified atom stereocenters. The third kappa shape index (κ3) is 6.02. The largest absolute Gasteiger partial charge is 0.477 e. The third-order valence-corrected chi connectivity index (χ3v) is 8.87. The summed E-state index contributed by atoms with van der Waals surface area (Å²) >= 11 is 1.30. The van der Waals surface area contributed by atoms with E-state index in [0.29, 0.717) is 17.6 Å². The highest BCUT2D eigenvalue weighted by Gasteiger charge is 2.38. The topological polar surface area (TPSA) is 92.6 Å². The van der Waals surface area contributed by atoms with Gasteiger partial charge in [-0.25, -0.2) is 14.8 Å². The SMILES string of the molecule is CC1CCC(C(=O)N(c2cc(C(C)(C)C)sc2C(=O)O)C2CCC(Oc3ncccn3)CC2)CC1. The molecular weight excluding hydrogens is 462 g/mol. The highest BCUT2D eigenvalue weighted by Crippen LogP contribution is 2.42. The Morgan fingerprint density at radius 3 is 2.23 bits per heavy atom. The fourth-order valence-electron chi connectivity index (χ4n) is 5.20. The van der Waals surface area contributed by atoms with Crippen LogP contribution in [0.1, 0.15) is 93.6 Å². The van der Waals surface area contributed by atoms with Crippen LogP contribution in [0, 0.1) is 11.8 Å². The predicted molar refractivity (Wildman–Crippen MR) is 137 cm³/mol. The maximum Gasteiger partial charge on any atom is 0.348 e. The standard InChI is InChI=1S/C27H37N3O4S/c1-17-6-8-18(9-7-17)24(31)30(21-16-22(27(2,3)4)35-23(21)25(32)33)19-10-12-20(13-11-19)34-26-28-14-5-15-29-26/h5,14-20H,6-13H2,1-4H3,(H,32,33). The molecule has 35 heavy (non-hydrogen) atoms. The van der Waals surface area contributed by atoms with E-state index in [2.05, 4.69) is 37.7 Å². The minimum atomic E-state index is -0.964. The smallest absolute Gasteiger partial charge is 0.348 e. The van der Waals surface area contributed by atoms with Crippen LogP contribution in [-0.4, -0.2) is 39.1 Å². The monoisotopic (exact) mass is 499 g/mol. The maximum absolute atomic E-state index is 14.0. The molecule has 2 aromatic rings. The van der Waals surface area contributed by atoms with Crippen LogP contribution in [-0.2, 0) is 10.2 Å². The highest BCUT2D eigenvalue weighted by molar-refractivity contribution is 7.14. The lowest BCUT2D eigenvalue weighted by Crippen LogP contribution is -2.47. The van der Waals surface area contributed by atoms with E-state index >= 15 is 0 Å². The van der Waals surface area contributed by atoms with Crippen LogP contribution in [0.25, 0.3) is 0 Å². The predicted octanol–water partition coefficient (Wildman–Crippen LogP) is 6.08. The third-order valence-electron chi connectivity index (χ3n) is 7.33.